The zero-order chi connectivity index (χ0) is 19.0. The van der Waals surface area contributed by atoms with Crippen LogP contribution in [0.15, 0.2) is 18.5 Å². The molecule has 26 heavy (non-hydrogen) atoms. The summed E-state index contributed by atoms with van der Waals surface area (Å²) >= 11 is 0.870. The molecule has 0 radical (unpaired) electrons. The number of thiophene rings is 1. The summed E-state index contributed by atoms with van der Waals surface area (Å²) in [5.41, 5.74) is 5.95. The van der Waals surface area contributed by atoms with Gasteiger partial charge in [0.05, 0.1) is 17.4 Å². The number of hydrogen-bond donors (Lipinski definition) is 2. The quantitative estimate of drug-likeness (QED) is 0.711. The number of anilines is 1. The molecule has 0 saturated carbocycles. The van der Waals surface area contributed by atoms with Crippen molar-refractivity contribution in [1.29, 1.82) is 0 Å². The Balaban J connectivity index is 2.09. The van der Waals surface area contributed by atoms with Crippen molar-refractivity contribution < 1.29 is 18.4 Å². The zero-order valence-electron chi connectivity index (χ0n) is 13.9. The highest BCUT2D eigenvalue weighted by atomic mass is 32.1. The number of nitrogens with one attached hydrogen (secondary N) is 1. The SMILES string of the molecule is CCn1cc(C(=O)Nc2c(C(N)=O)sc3nc(C(F)F)cc(C)c23)cn1. The van der Waals surface area contributed by atoms with Gasteiger partial charge >= 0.3 is 0 Å². The van der Waals surface area contributed by atoms with Crippen LogP contribution in [0.3, 0.4) is 0 Å². The summed E-state index contributed by atoms with van der Waals surface area (Å²) in [6.07, 6.45) is 0.223. The van der Waals surface area contributed by atoms with Crippen LogP contribution in [-0.2, 0) is 6.54 Å². The highest BCUT2D eigenvalue weighted by Gasteiger charge is 2.23. The van der Waals surface area contributed by atoms with Crippen LogP contribution >= 0.6 is 11.3 Å². The van der Waals surface area contributed by atoms with Crippen LogP contribution in [0.5, 0.6) is 0 Å². The molecule has 0 unspecified atom stereocenters. The number of rotatable bonds is 5. The maximum atomic E-state index is 13.0. The van der Waals surface area contributed by atoms with Gasteiger partial charge in [0.15, 0.2) is 0 Å². The molecule has 0 saturated heterocycles. The largest absolute Gasteiger partial charge is 0.365 e. The molecule has 0 spiro atoms. The minimum atomic E-state index is -2.74. The molecular formula is C16H15F2N5O2S. The predicted octanol–water partition coefficient (Wildman–Crippen LogP) is 3.11. The van der Waals surface area contributed by atoms with E-state index in [1.165, 1.54) is 12.3 Å². The molecule has 0 bridgehead atoms. The lowest BCUT2D eigenvalue weighted by Crippen LogP contribution is -2.16. The molecule has 3 aromatic heterocycles. The number of hydrogen-bond acceptors (Lipinski definition) is 5. The minimum absolute atomic E-state index is 0.0539. The number of nitrogens with two attached hydrogens (primary N) is 1. The van der Waals surface area contributed by atoms with Crippen LogP contribution < -0.4 is 11.1 Å². The molecule has 0 atom stereocenters. The first kappa shape index (κ1) is 17.9. The number of carbonyl (C=O) groups is 2. The van der Waals surface area contributed by atoms with E-state index in [0.29, 0.717) is 23.1 Å². The highest BCUT2D eigenvalue weighted by molar-refractivity contribution is 7.21. The van der Waals surface area contributed by atoms with E-state index in [4.69, 9.17) is 5.73 Å². The fraction of sp³-hybridized carbons (Fsp3) is 0.250. The van der Waals surface area contributed by atoms with E-state index in [-0.39, 0.29) is 15.4 Å². The molecule has 0 fully saturated rings. The van der Waals surface area contributed by atoms with Gasteiger partial charge in [0.1, 0.15) is 15.4 Å². The number of pyridine rings is 1. The van der Waals surface area contributed by atoms with Crippen molar-refractivity contribution in [2.24, 2.45) is 5.73 Å². The summed E-state index contributed by atoms with van der Waals surface area (Å²) in [6.45, 7) is 4.08. The van der Waals surface area contributed by atoms with Crippen LogP contribution in [0.2, 0.25) is 0 Å². The van der Waals surface area contributed by atoms with Crippen LogP contribution in [0.25, 0.3) is 10.2 Å². The molecule has 0 aliphatic rings. The van der Waals surface area contributed by atoms with Gasteiger partial charge in [-0.05, 0) is 25.5 Å². The summed E-state index contributed by atoms with van der Waals surface area (Å²) in [6, 6.07) is 1.23. The van der Waals surface area contributed by atoms with Crippen molar-refractivity contribution in [3.05, 3.63) is 40.2 Å². The van der Waals surface area contributed by atoms with E-state index in [1.54, 1.807) is 17.8 Å². The topological polar surface area (TPSA) is 103 Å². The number of aromatic nitrogens is 3. The Morgan fingerprint density at radius 1 is 1.42 bits per heavy atom. The molecule has 7 nitrogen and oxygen atoms in total. The summed E-state index contributed by atoms with van der Waals surface area (Å²) in [7, 11) is 0. The van der Waals surface area contributed by atoms with Crippen molar-refractivity contribution in [3.63, 3.8) is 0 Å². The number of aryl methyl sites for hydroxylation is 2. The summed E-state index contributed by atoms with van der Waals surface area (Å²) in [5.74, 6) is -1.25. The van der Waals surface area contributed by atoms with Crippen LogP contribution in [0, 0.1) is 6.92 Å². The fourth-order valence-electron chi connectivity index (χ4n) is 2.55. The monoisotopic (exact) mass is 379 g/mol. The second kappa shape index (κ2) is 6.79. The Bertz CT molecular complexity index is 1010. The summed E-state index contributed by atoms with van der Waals surface area (Å²) < 4.78 is 27.5. The summed E-state index contributed by atoms with van der Waals surface area (Å²) in [4.78, 5) is 28.4. The van der Waals surface area contributed by atoms with E-state index in [1.807, 2.05) is 6.92 Å². The maximum Gasteiger partial charge on any atom is 0.280 e. The first-order valence-electron chi connectivity index (χ1n) is 7.67. The molecular weight excluding hydrogens is 364 g/mol. The molecule has 3 rings (SSSR count). The maximum absolute atomic E-state index is 13.0. The van der Waals surface area contributed by atoms with E-state index < -0.39 is 23.9 Å². The zero-order valence-corrected chi connectivity index (χ0v) is 14.7. The van der Waals surface area contributed by atoms with E-state index in [9.17, 15) is 18.4 Å². The normalized spacial score (nSPS) is 11.3. The number of alkyl halides is 2. The molecule has 2 amide bonds. The Labute approximate surface area is 150 Å². The number of halogens is 2. The third-order valence-electron chi connectivity index (χ3n) is 3.78. The van der Waals surface area contributed by atoms with Gasteiger partial charge in [0.2, 0.25) is 0 Å². The number of nitrogens with zero attached hydrogens (tertiary/aromatic N) is 3. The van der Waals surface area contributed by atoms with Gasteiger partial charge in [0, 0.05) is 18.1 Å². The smallest absolute Gasteiger partial charge is 0.280 e. The first-order chi connectivity index (χ1) is 12.3. The lowest BCUT2D eigenvalue weighted by Gasteiger charge is -2.07. The fourth-order valence-corrected chi connectivity index (χ4v) is 3.62. The number of primary amides is 1. The van der Waals surface area contributed by atoms with Crippen molar-refractivity contribution in [2.45, 2.75) is 26.8 Å². The molecule has 3 aromatic rings. The Morgan fingerprint density at radius 3 is 2.73 bits per heavy atom. The number of carbonyl (C=O) groups excluding carboxylic acids is 2. The Hall–Kier alpha value is -2.88. The standard InChI is InChI=1S/C16H15F2N5O2S/c1-3-23-6-8(5-20-23)15(25)22-11-10-7(2)4-9(13(17)18)21-16(10)26-12(11)14(19)24/h4-6,13H,3H2,1-2H3,(H2,19,24)(H,22,25). The molecule has 3 N–H and O–H groups in total. The van der Waals surface area contributed by atoms with Gasteiger partial charge in [-0.3, -0.25) is 14.3 Å². The minimum Gasteiger partial charge on any atom is -0.365 e. The van der Waals surface area contributed by atoms with Crippen LogP contribution in [0.1, 0.15) is 44.6 Å². The van der Waals surface area contributed by atoms with Gasteiger partial charge in [-0.2, -0.15) is 5.10 Å². The van der Waals surface area contributed by atoms with E-state index >= 15 is 0 Å². The van der Waals surface area contributed by atoms with Crippen molar-refractivity contribution in [3.8, 4) is 0 Å². The van der Waals surface area contributed by atoms with Gasteiger partial charge in [0.25, 0.3) is 18.2 Å². The van der Waals surface area contributed by atoms with Gasteiger partial charge in [-0.15, -0.1) is 11.3 Å². The summed E-state index contributed by atoms with van der Waals surface area (Å²) in [5, 5.41) is 7.09. The van der Waals surface area contributed by atoms with Crippen molar-refractivity contribution in [1.82, 2.24) is 14.8 Å². The Morgan fingerprint density at radius 2 is 2.15 bits per heavy atom. The average molecular weight is 379 g/mol. The lowest BCUT2D eigenvalue weighted by atomic mass is 10.1. The second-order valence-corrected chi connectivity index (χ2v) is 6.55. The number of amides is 2. The molecule has 10 heteroatoms. The lowest BCUT2D eigenvalue weighted by molar-refractivity contribution is 0.100. The molecule has 0 aromatic carbocycles. The first-order valence-corrected chi connectivity index (χ1v) is 8.49. The second-order valence-electron chi connectivity index (χ2n) is 5.55. The predicted molar refractivity (Wildman–Crippen MR) is 93.7 cm³/mol. The highest BCUT2D eigenvalue weighted by Crippen LogP contribution is 2.38. The van der Waals surface area contributed by atoms with Crippen molar-refractivity contribution >= 4 is 39.1 Å². The van der Waals surface area contributed by atoms with Crippen LogP contribution in [-0.4, -0.2) is 26.6 Å². The van der Waals surface area contributed by atoms with E-state index in [0.717, 1.165) is 11.3 Å². The molecule has 0 aliphatic carbocycles. The van der Waals surface area contributed by atoms with Gasteiger partial charge in [-0.1, -0.05) is 0 Å². The average Bonchev–Trinajstić information content (AvgIpc) is 3.19. The van der Waals surface area contributed by atoms with E-state index in [2.05, 4.69) is 15.4 Å². The van der Waals surface area contributed by atoms with Gasteiger partial charge < -0.3 is 11.1 Å². The molecule has 0 aliphatic heterocycles. The van der Waals surface area contributed by atoms with Crippen molar-refractivity contribution in [2.75, 3.05) is 5.32 Å². The number of fused-ring (bicyclic) bond motifs is 1. The van der Waals surface area contributed by atoms with Gasteiger partial charge in [-0.25, -0.2) is 13.8 Å². The molecule has 3 heterocycles. The Kier molecular flexibility index (Phi) is 4.68. The molecule has 136 valence electrons. The third kappa shape index (κ3) is 3.15. The third-order valence-corrected chi connectivity index (χ3v) is 4.88. The van der Waals surface area contributed by atoms with Crippen LogP contribution in [0.4, 0.5) is 14.5 Å².